The molecule has 1 heterocycles. The van der Waals surface area contributed by atoms with Gasteiger partial charge < -0.3 is 5.32 Å². The molecule has 0 fully saturated rings. The van der Waals surface area contributed by atoms with Crippen LogP contribution in [0.4, 0.5) is 0 Å². The minimum absolute atomic E-state index is 0.0402. The predicted molar refractivity (Wildman–Crippen MR) is 81.1 cm³/mol. The van der Waals surface area contributed by atoms with Gasteiger partial charge in [0.1, 0.15) is 0 Å². The summed E-state index contributed by atoms with van der Waals surface area (Å²) in [6, 6.07) is 2.14. The summed E-state index contributed by atoms with van der Waals surface area (Å²) in [5.41, 5.74) is 0. The summed E-state index contributed by atoms with van der Waals surface area (Å²) in [6.07, 6.45) is 0. The highest BCUT2D eigenvalue weighted by Gasteiger charge is 2.26. The van der Waals surface area contributed by atoms with Crippen LogP contribution in [0.1, 0.15) is 37.4 Å². The lowest BCUT2D eigenvalue weighted by molar-refractivity contribution is 0.410. The van der Waals surface area contributed by atoms with Crippen LogP contribution in [0.15, 0.2) is 11.0 Å². The summed E-state index contributed by atoms with van der Waals surface area (Å²) >= 11 is 1.54. The van der Waals surface area contributed by atoms with Crippen LogP contribution in [0, 0.1) is 6.92 Å². The Morgan fingerprint density at radius 1 is 1.32 bits per heavy atom. The van der Waals surface area contributed by atoms with Gasteiger partial charge in [-0.15, -0.1) is 11.3 Å². The topological polar surface area (TPSA) is 49.4 Å². The molecule has 0 saturated heterocycles. The first-order valence-corrected chi connectivity index (χ1v) is 8.72. The van der Waals surface area contributed by atoms with Crippen molar-refractivity contribution in [2.75, 3.05) is 7.05 Å². The fourth-order valence-corrected chi connectivity index (χ4v) is 4.53. The molecular weight excluding hydrogens is 280 g/mol. The number of hydrogen-bond donors (Lipinski definition) is 1. The molecule has 0 atom stereocenters. The second-order valence-corrected chi connectivity index (χ2v) is 8.59. The van der Waals surface area contributed by atoms with Crippen molar-refractivity contribution in [2.24, 2.45) is 0 Å². The van der Waals surface area contributed by atoms with E-state index < -0.39 is 10.0 Å². The van der Waals surface area contributed by atoms with Crippen LogP contribution < -0.4 is 5.32 Å². The van der Waals surface area contributed by atoms with E-state index in [0.29, 0.717) is 17.5 Å². The lowest BCUT2D eigenvalue weighted by atomic mass is 10.3. The van der Waals surface area contributed by atoms with Gasteiger partial charge in [0.05, 0.1) is 4.90 Å². The smallest absolute Gasteiger partial charge is 0.244 e. The zero-order chi connectivity index (χ0) is 14.8. The van der Waals surface area contributed by atoms with Crippen molar-refractivity contribution in [2.45, 2.75) is 58.1 Å². The maximum Gasteiger partial charge on any atom is 0.244 e. The zero-order valence-electron chi connectivity index (χ0n) is 12.5. The van der Waals surface area contributed by atoms with E-state index in [1.165, 1.54) is 4.31 Å². The third-order valence-corrected chi connectivity index (χ3v) is 6.33. The second kappa shape index (κ2) is 6.35. The molecular formula is C13H24N2O2S2. The van der Waals surface area contributed by atoms with Crippen molar-refractivity contribution in [3.63, 3.8) is 0 Å². The molecule has 6 heteroatoms. The van der Waals surface area contributed by atoms with E-state index >= 15 is 0 Å². The largest absolute Gasteiger partial charge is 0.310 e. The van der Waals surface area contributed by atoms with Crippen molar-refractivity contribution >= 4 is 21.4 Å². The highest BCUT2D eigenvalue weighted by atomic mass is 32.2. The SMILES string of the molecule is Cc1sc(CNC(C)C)cc1S(=O)(=O)N(C)C(C)C. The number of nitrogens with zero attached hydrogens (tertiary/aromatic N) is 1. The summed E-state index contributed by atoms with van der Waals surface area (Å²) in [5.74, 6) is 0. The van der Waals surface area contributed by atoms with Gasteiger partial charge in [0.25, 0.3) is 0 Å². The van der Waals surface area contributed by atoms with E-state index in [9.17, 15) is 8.42 Å². The first kappa shape index (κ1) is 16.6. The zero-order valence-corrected chi connectivity index (χ0v) is 14.2. The Labute approximate surface area is 120 Å². The van der Waals surface area contributed by atoms with Crippen molar-refractivity contribution < 1.29 is 8.42 Å². The van der Waals surface area contributed by atoms with Gasteiger partial charge in [0, 0.05) is 35.4 Å². The summed E-state index contributed by atoms with van der Waals surface area (Å²) in [6.45, 7) is 10.5. The van der Waals surface area contributed by atoms with Gasteiger partial charge in [-0.2, -0.15) is 4.31 Å². The molecule has 110 valence electrons. The minimum atomic E-state index is -3.37. The standard InChI is InChI=1S/C13H24N2O2S2/c1-9(2)14-8-12-7-13(11(5)18-12)19(16,17)15(6)10(3)4/h7,9-10,14H,8H2,1-6H3. The summed E-state index contributed by atoms with van der Waals surface area (Å²) < 4.78 is 26.3. The number of nitrogens with one attached hydrogen (secondary N) is 1. The summed E-state index contributed by atoms with van der Waals surface area (Å²) in [5, 5.41) is 3.31. The Morgan fingerprint density at radius 2 is 1.89 bits per heavy atom. The van der Waals surface area contributed by atoms with E-state index in [-0.39, 0.29) is 6.04 Å². The van der Waals surface area contributed by atoms with Crippen LogP contribution in [0.5, 0.6) is 0 Å². The van der Waals surface area contributed by atoms with Gasteiger partial charge in [-0.25, -0.2) is 8.42 Å². The van der Waals surface area contributed by atoms with Gasteiger partial charge in [-0.3, -0.25) is 0 Å². The molecule has 1 rings (SSSR count). The Bertz CT molecular complexity index is 519. The Balaban J connectivity index is 3.02. The quantitative estimate of drug-likeness (QED) is 0.879. The molecule has 1 aromatic heterocycles. The third-order valence-electron chi connectivity index (χ3n) is 2.99. The number of hydrogen-bond acceptors (Lipinski definition) is 4. The fourth-order valence-electron chi connectivity index (χ4n) is 1.60. The normalized spacial score (nSPS) is 12.9. The van der Waals surface area contributed by atoms with Crippen molar-refractivity contribution in [3.8, 4) is 0 Å². The maximum absolute atomic E-state index is 12.5. The van der Waals surface area contributed by atoms with Crippen molar-refractivity contribution in [1.29, 1.82) is 0 Å². The Kier molecular flexibility index (Phi) is 5.55. The average Bonchev–Trinajstić information content (AvgIpc) is 2.67. The Morgan fingerprint density at radius 3 is 2.37 bits per heavy atom. The summed E-state index contributed by atoms with van der Waals surface area (Å²) in [4.78, 5) is 2.35. The minimum Gasteiger partial charge on any atom is -0.310 e. The van der Waals surface area contributed by atoms with Gasteiger partial charge in [0.15, 0.2) is 0 Å². The molecule has 0 bridgehead atoms. The Hall–Kier alpha value is -0.430. The molecule has 0 aromatic carbocycles. The highest BCUT2D eigenvalue weighted by Crippen LogP contribution is 2.28. The molecule has 0 spiro atoms. The fraction of sp³-hybridized carbons (Fsp3) is 0.692. The highest BCUT2D eigenvalue weighted by molar-refractivity contribution is 7.89. The maximum atomic E-state index is 12.5. The number of sulfonamides is 1. The second-order valence-electron chi connectivity index (χ2n) is 5.28. The lowest BCUT2D eigenvalue weighted by Gasteiger charge is -2.20. The van der Waals surface area contributed by atoms with Crippen molar-refractivity contribution in [3.05, 3.63) is 15.8 Å². The molecule has 19 heavy (non-hydrogen) atoms. The number of thiophene rings is 1. The molecule has 0 aliphatic rings. The number of rotatable bonds is 6. The monoisotopic (exact) mass is 304 g/mol. The van der Waals surface area contributed by atoms with Gasteiger partial charge in [0.2, 0.25) is 10.0 Å². The molecule has 1 aromatic rings. The molecule has 0 amide bonds. The van der Waals surface area contributed by atoms with Crippen LogP contribution in [-0.4, -0.2) is 31.9 Å². The predicted octanol–water partition coefficient (Wildman–Crippen LogP) is 2.58. The molecule has 0 radical (unpaired) electrons. The molecule has 4 nitrogen and oxygen atoms in total. The molecule has 0 aliphatic heterocycles. The van der Waals surface area contributed by atoms with Crippen LogP contribution in [0.3, 0.4) is 0 Å². The van der Waals surface area contributed by atoms with E-state index in [1.54, 1.807) is 24.5 Å². The molecule has 0 aliphatic carbocycles. The third kappa shape index (κ3) is 4.02. The van der Waals surface area contributed by atoms with Crippen LogP contribution in [0.25, 0.3) is 0 Å². The van der Waals surface area contributed by atoms with Gasteiger partial charge in [-0.1, -0.05) is 13.8 Å². The molecule has 0 saturated carbocycles. The molecule has 0 unspecified atom stereocenters. The van der Waals surface area contributed by atoms with Crippen LogP contribution in [-0.2, 0) is 16.6 Å². The van der Waals surface area contributed by atoms with Gasteiger partial charge >= 0.3 is 0 Å². The number of aryl methyl sites for hydroxylation is 1. The van der Waals surface area contributed by atoms with Crippen LogP contribution in [0.2, 0.25) is 0 Å². The van der Waals surface area contributed by atoms with E-state index in [4.69, 9.17) is 0 Å². The molecule has 1 N–H and O–H groups in total. The lowest BCUT2D eigenvalue weighted by Crippen LogP contribution is -2.33. The van der Waals surface area contributed by atoms with E-state index in [0.717, 1.165) is 9.75 Å². The first-order chi connectivity index (χ1) is 8.66. The van der Waals surface area contributed by atoms with Gasteiger partial charge in [-0.05, 0) is 26.8 Å². The average molecular weight is 304 g/mol. The van der Waals surface area contributed by atoms with E-state index in [1.807, 2.05) is 20.8 Å². The summed E-state index contributed by atoms with van der Waals surface area (Å²) in [7, 11) is -1.74. The first-order valence-electron chi connectivity index (χ1n) is 6.47. The van der Waals surface area contributed by atoms with E-state index in [2.05, 4.69) is 19.2 Å². The van der Waals surface area contributed by atoms with Crippen molar-refractivity contribution in [1.82, 2.24) is 9.62 Å². The van der Waals surface area contributed by atoms with Crippen LogP contribution >= 0.6 is 11.3 Å².